The monoisotopic (exact) mass is 1050 g/mol. The lowest BCUT2D eigenvalue weighted by molar-refractivity contribution is 0.855. The average molecular weight is 1050 g/mol. The van der Waals surface area contributed by atoms with E-state index in [2.05, 4.69) is 288 Å². The van der Waals surface area contributed by atoms with E-state index in [9.17, 15) is 0 Å². The molecule has 0 aliphatic heterocycles. The van der Waals surface area contributed by atoms with E-state index in [0.717, 1.165) is 73.2 Å². The first-order chi connectivity index (χ1) is 40.2. The lowest BCUT2D eigenvalue weighted by atomic mass is 9.91. The predicted molar refractivity (Wildman–Crippen MR) is 340 cm³/mol. The molecule has 4 heterocycles. The van der Waals surface area contributed by atoms with Gasteiger partial charge < -0.3 is 9.13 Å². The van der Waals surface area contributed by atoms with Crippen LogP contribution in [0.5, 0.6) is 0 Å². The van der Waals surface area contributed by atoms with E-state index in [1.807, 2.05) is 11.3 Å². The highest BCUT2D eigenvalue weighted by atomic mass is 32.1. The van der Waals surface area contributed by atoms with E-state index in [1.165, 1.54) is 64.1 Å². The van der Waals surface area contributed by atoms with Crippen molar-refractivity contribution >= 4 is 75.1 Å². The van der Waals surface area contributed by atoms with Crippen molar-refractivity contribution in [2.75, 3.05) is 0 Å². The van der Waals surface area contributed by atoms with Gasteiger partial charge in [0.05, 0.1) is 27.8 Å². The van der Waals surface area contributed by atoms with Gasteiger partial charge in [0, 0.05) is 70.0 Å². The van der Waals surface area contributed by atoms with Crippen LogP contribution < -0.4 is 0 Å². The smallest absolute Gasteiger partial charge is 0.166 e. The molecule has 1 atom stereocenters. The fraction of sp³-hybridized carbons (Fsp3) is 0.0267. The number of benzene rings is 11. The number of thiophene rings is 1. The van der Waals surface area contributed by atoms with E-state index in [0.29, 0.717) is 23.4 Å². The Morgan fingerprint density at radius 3 is 1.65 bits per heavy atom. The van der Waals surface area contributed by atoms with Crippen LogP contribution in [-0.4, -0.2) is 24.1 Å². The van der Waals surface area contributed by atoms with Crippen molar-refractivity contribution in [1.29, 1.82) is 0 Å². The average Bonchev–Trinajstić information content (AvgIpc) is 4.36. The molecular weight excluding hydrogens is 1000 g/mol. The fourth-order valence-electron chi connectivity index (χ4n) is 12.5. The SMILES string of the molecule is C1=CCC(c2ccc3c4c(-c5cccc6c5c5ccccc5n6-c5cc(-c6ccccc6)ccc5-c5nc(-c6ccc(-c7ccccc7)cc6)nc(-c6ccc7sc8ccccc8c7c6)n5)cccc4n(-c4ccccc4)c3c2)C=C1. The number of nitrogens with zero attached hydrogens (tertiary/aromatic N) is 5. The van der Waals surface area contributed by atoms with Gasteiger partial charge in [-0.05, 0) is 118 Å². The van der Waals surface area contributed by atoms with Crippen LogP contribution in [0.25, 0.3) is 143 Å². The molecule has 0 saturated carbocycles. The molecule has 0 radical (unpaired) electrons. The normalized spacial score (nSPS) is 13.4. The first kappa shape index (κ1) is 46.8. The molecule has 1 aliphatic rings. The molecule has 1 aliphatic carbocycles. The third kappa shape index (κ3) is 7.94. The Morgan fingerprint density at radius 2 is 0.914 bits per heavy atom. The fourth-order valence-corrected chi connectivity index (χ4v) is 13.6. The van der Waals surface area contributed by atoms with Gasteiger partial charge in [-0.15, -0.1) is 11.3 Å². The van der Waals surface area contributed by atoms with Crippen LogP contribution in [0, 0.1) is 0 Å². The van der Waals surface area contributed by atoms with Crippen molar-refractivity contribution in [3.05, 3.63) is 285 Å². The summed E-state index contributed by atoms with van der Waals surface area (Å²) in [6.45, 7) is 0. The highest BCUT2D eigenvalue weighted by molar-refractivity contribution is 7.25. The summed E-state index contributed by atoms with van der Waals surface area (Å²) in [6, 6.07) is 92.3. The summed E-state index contributed by atoms with van der Waals surface area (Å²) in [5.74, 6) is 2.13. The van der Waals surface area contributed by atoms with E-state index < -0.39 is 0 Å². The van der Waals surface area contributed by atoms with Gasteiger partial charge in [0.2, 0.25) is 0 Å². The lowest BCUT2D eigenvalue weighted by Crippen LogP contribution is -2.04. The van der Waals surface area contributed by atoms with Crippen molar-refractivity contribution in [3.63, 3.8) is 0 Å². The first-order valence-electron chi connectivity index (χ1n) is 27.7. The standard InChI is InChI=1S/C75H49N5S/c1-5-19-48(20-6-1)51-35-37-52(38-36-51)73-76-74(55-41-44-70-63(45-55)57-27-14-16-34-69(57)81-70)78-75(77-73)62-43-40-54(50-23-9-3-10-24-50)47-68(62)80-64-31-15-13-28-60(64)71-58(30-18-33-66(71)80)59-29-17-32-65-72(59)61-42-39-53(49-21-7-2-8-22-49)46-67(61)79(65)56-25-11-4-12-26-56/h1-21,23-47,49H,22H2. The van der Waals surface area contributed by atoms with Crippen LogP contribution in [0.1, 0.15) is 17.9 Å². The Balaban J connectivity index is 0.938. The summed E-state index contributed by atoms with van der Waals surface area (Å²) in [5.41, 5.74) is 17.6. The molecule has 15 aromatic rings. The summed E-state index contributed by atoms with van der Waals surface area (Å²) in [6.07, 6.45) is 9.93. The zero-order valence-corrected chi connectivity index (χ0v) is 44.8. The molecule has 5 nitrogen and oxygen atoms in total. The summed E-state index contributed by atoms with van der Waals surface area (Å²) >= 11 is 1.81. The highest BCUT2D eigenvalue weighted by Gasteiger charge is 2.25. The minimum Gasteiger partial charge on any atom is -0.309 e. The number of allylic oxidation sites excluding steroid dienone is 4. The van der Waals surface area contributed by atoms with Gasteiger partial charge in [0.15, 0.2) is 17.5 Å². The highest BCUT2D eigenvalue weighted by Crippen LogP contribution is 2.46. The molecule has 1 unspecified atom stereocenters. The largest absolute Gasteiger partial charge is 0.309 e. The maximum absolute atomic E-state index is 5.52. The number of fused-ring (bicyclic) bond motifs is 9. The van der Waals surface area contributed by atoms with Gasteiger partial charge >= 0.3 is 0 Å². The summed E-state index contributed by atoms with van der Waals surface area (Å²) in [7, 11) is 0. The molecule has 4 aromatic heterocycles. The van der Waals surface area contributed by atoms with E-state index >= 15 is 0 Å². The van der Waals surface area contributed by atoms with Gasteiger partial charge in [-0.3, -0.25) is 0 Å². The molecule has 0 saturated heterocycles. The van der Waals surface area contributed by atoms with Crippen LogP contribution in [0.4, 0.5) is 0 Å². The zero-order valence-electron chi connectivity index (χ0n) is 44.0. The molecule has 0 bridgehead atoms. The second kappa shape index (κ2) is 19.3. The molecule has 16 rings (SSSR count). The molecular formula is C75H49N5S. The van der Waals surface area contributed by atoms with Crippen LogP contribution in [-0.2, 0) is 0 Å². The number of rotatable bonds is 9. The second-order valence-corrected chi connectivity index (χ2v) is 22.1. The third-order valence-corrected chi connectivity index (χ3v) is 17.5. The summed E-state index contributed by atoms with van der Waals surface area (Å²) in [5, 5.41) is 7.22. The number of hydrogen-bond donors (Lipinski definition) is 0. The molecule has 81 heavy (non-hydrogen) atoms. The van der Waals surface area contributed by atoms with Crippen LogP contribution in [0.15, 0.2) is 279 Å². The van der Waals surface area contributed by atoms with Gasteiger partial charge in [0.1, 0.15) is 0 Å². The lowest BCUT2D eigenvalue weighted by Gasteiger charge is -2.17. The van der Waals surface area contributed by atoms with Crippen molar-refractivity contribution in [1.82, 2.24) is 24.1 Å². The second-order valence-electron chi connectivity index (χ2n) is 21.0. The summed E-state index contributed by atoms with van der Waals surface area (Å²) < 4.78 is 7.39. The van der Waals surface area contributed by atoms with E-state index in [-0.39, 0.29) is 0 Å². The van der Waals surface area contributed by atoms with Gasteiger partial charge in [-0.2, -0.15) is 0 Å². The van der Waals surface area contributed by atoms with Crippen molar-refractivity contribution < 1.29 is 0 Å². The summed E-state index contributed by atoms with van der Waals surface area (Å²) in [4.78, 5) is 16.3. The van der Waals surface area contributed by atoms with E-state index in [1.54, 1.807) is 0 Å². The Kier molecular flexibility index (Phi) is 11.1. The molecule has 0 spiro atoms. The Bertz CT molecular complexity index is 5010. The first-order valence-corrected chi connectivity index (χ1v) is 28.5. The van der Waals surface area contributed by atoms with Gasteiger partial charge in [0.25, 0.3) is 0 Å². The molecule has 380 valence electrons. The Morgan fingerprint density at radius 1 is 0.346 bits per heavy atom. The van der Waals surface area contributed by atoms with Crippen LogP contribution in [0.2, 0.25) is 0 Å². The van der Waals surface area contributed by atoms with Crippen molar-refractivity contribution in [3.8, 4) is 78.9 Å². The topological polar surface area (TPSA) is 48.5 Å². The van der Waals surface area contributed by atoms with Crippen molar-refractivity contribution in [2.45, 2.75) is 12.3 Å². The van der Waals surface area contributed by atoms with Gasteiger partial charge in [-0.25, -0.2) is 15.0 Å². The predicted octanol–water partition coefficient (Wildman–Crippen LogP) is 20.0. The zero-order chi connectivity index (χ0) is 53.4. The quantitative estimate of drug-likeness (QED) is 0.145. The number of hydrogen-bond acceptors (Lipinski definition) is 4. The minimum absolute atomic E-state index is 0.324. The number of aromatic nitrogens is 5. The maximum Gasteiger partial charge on any atom is 0.166 e. The number of para-hydroxylation sites is 2. The molecule has 6 heteroatoms. The maximum atomic E-state index is 5.52. The molecule has 0 amide bonds. The minimum atomic E-state index is 0.324. The molecule has 0 fully saturated rings. The Labute approximate surface area is 472 Å². The van der Waals surface area contributed by atoms with Crippen LogP contribution >= 0.6 is 11.3 Å². The Hall–Kier alpha value is -10.3. The third-order valence-electron chi connectivity index (χ3n) is 16.3. The van der Waals surface area contributed by atoms with Crippen molar-refractivity contribution in [2.24, 2.45) is 0 Å². The van der Waals surface area contributed by atoms with Crippen LogP contribution in [0.3, 0.4) is 0 Å². The van der Waals surface area contributed by atoms with E-state index in [4.69, 9.17) is 15.0 Å². The van der Waals surface area contributed by atoms with Gasteiger partial charge in [-0.1, -0.05) is 206 Å². The molecule has 0 N–H and O–H groups in total. The molecule has 11 aromatic carbocycles.